The van der Waals surface area contributed by atoms with Crippen LogP contribution in [-0.4, -0.2) is 70.9 Å². The van der Waals surface area contributed by atoms with Crippen LogP contribution in [0.2, 0.25) is 5.02 Å². The van der Waals surface area contributed by atoms with Crippen molar-refractivity contribution in [3.8, 4) is 16.9 Å². The predicted octanol–water partition coefficient (Wildman–Crippen LogP) is 6.38. The number of aryl methyl sites for hydroxylation is 1. The molecule has 5 rings (SSSR count). The molecule has 1 fully saturated rings. The molecule has 39 heavy (non-hydrogen) atoms. The lowest BCUT2D eigenvalue weighted by atomic mass is 9.93. The van der Waals surface area contributed by atoms with E-state index in [0.717, 1.165) is 32.3 Å². The third-order valence-electron chi connectivity index (χ3n) is 6.97. The lowest BCUT2D eigenvalue weighted by Gasteiger charge is -2.38. The molecule has 1 aromatic heterocycles. The zero-order chi connectivity index (χ0) is 28.2. The van der Waals surface area contributed by atoms with Gasteiger partial charge in [0.05, 0.1) is 11.6 Å². The minimum absolute atomic E-state index is 0.177. The maximum absolute atomic E-state index is 13.5. The number of carbonyl (C=O) groups is 3. The fourth-order valence-corrected chi connectivity index (χ4v) is 6.71. The molecule has 0 radical (unpaired) electrons. The van der Waals surface area contributed by atoms with Crippen LogP contribution in [0.4, 0.5) is 14.6 Å². The second-order valence-corrected chi connectivity index (χ2v) is 12.2. The Hall–Kier alpha value is -3.50. The largest absolute Gasteiger partial charge is 0.490 e. The standard InChI is InChI=1S/C28H30ClN3O6S/c1-14-21(17-7-6-8-20-22(17)15(2)24(39-20)30-26(34)38-28(3,4)5)19(29)11-18-23(14)37-13-16-12-31(27(35)36)9-10-32(16)25(18)33/h6-8,11,16H,9-10,12-13H2,1-5H3,(H,30,34)(H,35,36)/t16-/m1/s1. The number of carbonyl (C=O) groups excluding carboxylic acids is 2. The Morgan fingerprint density at radius 1 is 1.18 bits per heavy atom. The maximum atomic E-state index is 13.5. The number of ether oxygens (including phenoxy) is 2. The molecule has 0 spiro atoms. The molecule has 9 nitrogen and oxygen atoms in total. The van der Waals surface area contributed by atoms with Gasteiger partial charge in [-0.25, -0.2) is 9.59 Å². The van der Waals surface area contributed by atoms with Gasteiger partial charge >= 0.3 is 12.2 Å². The number of hydrogen-bond acceptors (Lipinski definition) is 6. The lowest BCUT2D eigenvalue weighted by Crippen LogP contribution is -2.57. The third-order valence-corrected chi connectivity index (χ3v) is 8.44. The highest BCUT2D eigenvalue weighted by atomic mass is 35.5. The Morgan fingerprint density at radius 2 is 1.92 bits per heavy atom. The molecule has 3 aromatic rings. The van der Waals surface area contributed by atoms with Crippen LogP contribution in [0.25, 0.3) is 21.2 Å². The van der Waals surface area contributed by atoms with Gasteiger partial charge in [0.25, 0.3) is 5.91 Å². The van der Waals surface area contributed by atoms with Crippen LogP contribution >= 0.6 is 22.9 Å². The normalized spacial score (nSPS) is 17.3. The van der Waals surface area contributed by atoms with Crippen molar-refractivity contribution in [2.75, 3.05) is 31.6 Å². The fraction of sp³-hybridized carbons (Fsp3) is 0.393. The smallest absolute Gasteiger partial charge is 0.412 e. The summed E-state index contributed by atoms with van der Waals surface area (Å²) in [4.78, 5) is 40.5. The van der Waals surface area contributed by atoms with Gasteiger partial charge in [0.15, 0.2) is 0 Å². The summed E-state index contributed by atoms with van der Waals surface area (Å²) < 4.78 is 12.6. The highest BCUT2D eigenvalue weighted by Gasteiger charge is 2.38. The summed E-state index contributed by atoms with van der Waals surface area (Å²) in [6.07, 6.45) is -1.53. The highest BCUT2D eigenvalue weighted by molar-refractivity contribution is 7.23. The first-order chi connectivity index (χ1) is 18.4. The fourth-order valence-electron chi connectivity index (χ4n) is 5.23. The van der Waals surface area contributed by atoms with Gasteiger partial charge < -0.3 is 24.4 Å². The molecule has 2 aromatic carbocycles. The van der Waals surface area contributed by atoms with E-state index in [9.17, 15) is 19.5 Å². The molecule has 0 bridgehead atoms. The van der Waals surface area contributed by atoms with Gasteiger partial charge in [-0.2, -0.15) is 0 Å². The summed E-state index contributed by atoms with van der Waals surface area (Å²) in [6.45, 7) is 10.2. The first-order valence-corrected chi connectivity index (χ1v) is 13.8. The minimum Gasteiger partial charge on any atom is -0.490 e. The molecule has 1 saturated heterocycles. The van der Waals surface area contributed by atoms with Gasteiger partial charge in [-0.15, -0.1) is 11.3 Å². The van der Waals surface area contributed by atoms with Crippen molar-refractivity contribution in [2.24, 2.45) is 0 Å². The summed E-state index contributed by atoms with van der Waals surface area (Å²) in [5.74, 6) is 0.232. The van der Waals surface area contributed by atoms with E-state index in [1.807, 2.05) is 52.8 Å². The summed E-state index contributed by atoms with van der Waals surface area (Å²) in [7, 11) is 0. The average molecular weight is 572 g/mol. The Kier molecular flexibility index (Phi) is 6.88. The van der Waals surface area contributed by atoms with Crippen molar-refractivity contribution in [1.82, 2.24) is 9.80 Å². The third kappa shape index (κ3) is 4.98. The Balaban J connectivity index is 1.56. The predicted molar refractivity (Wildman–Crippen MR) is 152 cm³/mol. The molecule has 2 N–H and O–H groups in total. The Bertz CT molecular complexity index is 1510. The molecule has 3 heterocycles. The molecular formula is C28H30ClN3O6S. The van der Waals surface area contributed by atoms with Crippen molar-refractivity contribution in [2.45, 2.75) is 46.3 Å². The molecule has 0 unspecified atom stereocenters. The maximum Gasteiger partial charge on any atom is 0.412 e. The number of carboxylic acid groups (broad SMARTS) is 1. The molecule has 0 saturated carbocycles. The number of halogens is 1. The van der Waals surface area contributed by atoms with Crippen molar-refractivity contribution in [3.63, 3.8) is 0 Å². The number of nitrogens with zero attached hydrogens (tertiary/aromatic N) is 2. The number of hydrogen-bond donors (Lipinski definition) is 2. The zero-order valence-corrected chi connectivity index (χ0v) is 24.0. The summed E-state index contributed by atoms with van der Waals surface area (Å²) in [5, 5.41) is 14.3. The number of anilines is 1. The van der Waals surface area contributed by atoms with Crippen molar-refractivity contribution in [3.05, 3.63) is 46.0 Å². The minimum atomic E-state index is -1.01. The number of thiophene rings is 1. The van der Waals surface area contributed by atoms with Gasteiger partial charge in [-0.05, 0) is 57.9 Å². The monoisotopic (exact) mass is 571 g/mol. The first-order valence-electron chi connectivity index (χ1n) is 12.6. The molecule has 206 valence electrons. The van der Waals surface area contributed by atoms with Gasteiger partial charge in [-0.1, -0.05) is 23.7 Å². The second kappa shape index (κ2) is 9.91. The number of piperazine rings is 1. The Morgan fingerprint density at radius 3 is 2.62 bits per heavy atom. The van der Waals surface area contributed by atoms with E-state index in [1.54, 1.807) is 11.0 Å². The summed E-state index contributed by atoms with van der Waals surface area (Å²) in [6, 6.07) is 7.13. The molecular weight excluding hydrogens is 542 g/mol. The number of fused-ring (bicyclic) bond motifs is 3. The molecule has 2 aliphatic rings. The quantitative estimate of drug-likeness (QED) is 0.369. The topological polar surface area (TPSA) is 108 Å². The molecule has 2 aliphatic heterocycles. The van der Waals surface area contributed by atoms with E-state index in [1.165, 1.54) is 16.2 Å². The van der Waals surface area contributed by atoms with Crippen LogP contribution in [0.15, 0.2) is 24.3 Å². The van der Waals surface area contributed by atoms with Crippen LogP contribution in [-0.2, 0) is 4.74 Å². The Labute approximate surface area is 235 Å². The van der Waals surface area contributed by atoms with Gasteiger partial charge in [0, 0.05) is 45.9 Å². The van der Waals surface area contributed by atoms with Gasteiger partial charge in [0.1, 0.15) is 23.0 Å². The molecule has 11 heteroatoms. The van der Waals surface area contributed by atoms with Gasteiger partial charge in [0.2, 0.25) is 0 Å². The van der Waals surface area contributed by atoms with Crippen molar-refractivity contribution >= 4 is 56.1 Å². The highest BCUT2D eigenvalue weighted by Crippen LogP contribution is 2.46. The molecule has 0 aliphatic carbocycles. The summed E-state index contributed by atoms with van der Waals surface area (Å²) >= 11 is 8.32. The van der Waals surface area contributed by atoms with E-state index >= 15 is 0 Å². The van der Waals surface area contributed by atoms with E-state index in [0.29, 0.717) is 21.3 Å². The van der Waals surface area contributed by atoms with Crippen LogP contribution in [0, 0.1) is 13.8 Å². The van der Waals surface area contributed by atoms with E-state index in [-0.39, 0.29) is 38.2 Å². The van der Waals surface area contributed by atoms with Crippen LogP contribution in [0.3, 0.4) is 0 Å². The lowest BCUT2D eigenvalue weighted by molar-refractivity contribution is 0.0390. The number of nitrogens with one attached hydrogen (secondary N) is 1. The van der Waals surface area contributed by atoms with E-state index in [2.05, 4.69) is 5.32 Å². The van der Waals surface area contributed by atoms with Crippen LogP contribution < -0.4 is 10.1 Å². The van der Waals surface area contributed by atoms with E-state index in [4.69, 9.17) is 21.1 Å². The zero-order valence-electron chi connectivity index (χ0n) is 22.4. The number of amides is 3. The van der Waals surface area contributed by atoms with E-state index < -0.39 is 17.8 Å². The number of benzene rings is 2. The molecule has 1 atom stereocenters. The van der Waals surface area contributed by atoms with Crippen molar-refractivity contribution in [1.29, 1.82) is 0 Å². The summed E-state index contributed by atoms with van der Waals surface area (Å²) in [5.41, 5.74) is 2.95. The number of rotatable bonds is 2. The molecule has 3 amide bonds. The van der Waals surface area contributed by atoms with Gasteiger partial charge in [-0.3, -0.25) is 10.1 Å². The first kappa shape index (κ1) is 27.1. The van der Waals surface area contributed by atoms with Crippen molar-refractivity contribution < 1.29 is 29.0 Å². The SMILES string of the molecule is Cc1c2c(cc(Cl)c1-c1cccc3sc(NC(=O)OC(C)(C)C)c(C)c13)C(=O)N1CCN(C(=O)O)C[C@@H]1CO2. The second-order valence-electron chi connectivity index (χ2n) is 10.8. The van der Waals surface area contributed by atoms with Crippen LogP contribution in [0.5, 0.6) is 5.75 Å². The average Bonchev–Trinajstić information content (AvgIpc) is 3.08. The van der Waals surface area contributed by atoms with Crippen LogP contribution in [0.1, 0.15) is 42.3 Å².